The van der Waals surface area contributed by atoms with Crippen LogP contribution in [0.25, 0.3) is 0 Å². The number of aliphatic imine (C=N–C) groups is 1. The lowest BCUT2D eigenvalue weighted by Gasteiger charge is -2.35. The number of ether oxygens (including phenoxy) is 1. The number of hydrogen-bond acceptors (Lipinski definition) is 4. The molecule has 0 bridgehead atoms. The van der Waals surface area contributed by atoms with E-state index in [1.54, 1.807) is 0 Å². The summed E-state index contributed by atoms with van der Waals surface area (Å²) in [6.07, 6.45) is 9.98. The number of thioether (sulfide) groups is 1. The Morgan fingerprint density at radius 2 is 1.96 bits per heavy atom. The SMILES string of the molecule is CCNC(=NCC1(SC)CCOCC1)N1CCC(CN2CCCCC2)C1. The normalized spacial score (nSPS) is 27.7. The lowest BCUT2D eigenvalue weighted by Crippen LogP contribution is -2.43. The minimum Gasteiger partial charge on any atom is -0.381 e. The van der Waals surface area contributed by atoms with E-state index in [2.05, 4.69) is 28.3 Å². The Hall–Kier alpha value is -0.460. The molecule has 3 aliphatic heterocycles. The number of nitrogens with zero attached hydrogens (tertiary/aromatic N) is 3. The standard InChI is InChI=1S/C20H38N4OS/c1-3-21-19(22-17-20(26-2)8-13-25-14-9-20)24-12-7-18(16-24)15-23-10-5-4-6-11-23/h18H,3-17H2,1-2H3,(H,21,22). The van der Waals surface area contributed by atoms with Gasteiger partial charge in [-0.05, 0) is 64.3 Å². The molecule has 3 rings (SSSR count). The van der Waals surface area contributed by atoms with Crippen molar-refractivity contribution in [3.63, 3.8) is 0 Å². The fraction of sp³-hybridized carbons (Fsp3) is 0.950. The van der Waals surface area contributed by atoms with Gasteiger partial charge in [0.1, 0.15) is 0 Å². The highest BCUT2D eigenvalue weighted by Crippen LogP contribution is 2.34. The van der Waals surface area contributed by atoms with Crippen LogP contribution < -0.4 is 5.32 Å². The molecule has 0 aliphatic carbocycles. The van der Waals surface area contributed by atoms with Crippen molar-refractivity contribution in [2.24, 2.45) is 10.9 Å². The number of rotatable bonds is 6. The van der Waals surface area contributed by atoms with Crippen molar-refractivity contribution >= 4 is 17.7 Å². The molecule has 0 aromatic rings. The largest absolute Gasteiger partial charge is 0.381 e. The zero-order chi connectivity index (χ0) is 18.2. The molecular formula is C20H38N4OS. The molecule has 0 aromatic carbocycles. The third kappa shape index (κ3) is 5.52. The lowest BCUT2D eigenvalue weighted by atomic mass is 9.99. The second-order valence-electron chi connectivity index (χ2n) is 8.13. The molecule has 3 aliphatic rings. The molecule has 0 aromatic heterocycles. The first-order chi connectivity index (χ1) is 12.7. The molecule has 5 nitrogen and oxygen atoms in total. The average molecular weight is 383 g/mol. The van der Waals surface area contributed by atoms with Crippen LogP contribution in [0.1, 0.15) is 45.4 Å². The predicted molar refractivity (Wildman–Crippen MR) is 112 cm³/mol. The van der Waals surface area contributed by atoms with E-state index >= 15 is 0 Å². The maximum absolute atomic E-state index is 5.57. The summed E-state index contributed by atoms with van der Waals surface area (Å²) in [5.74, 6) is 1.93. The van der Waals surface area contributed by atoms with Gasteiger partial charge in [-0.3, -0.25) is 4.99 Å². The summed E-state index contributed by atoms with van der Waals surface area (Å²) in [4.78, 5) is 10.3. The van der Waals surface area contributed by atoms with E-state index in [4.69, 9.17) is 9.73 Å². The second kappa shape index (κ2) is 10.2. The Balaban J connectivity index is 1.55. The van der Waals surface area contributed by atoms with Crippen LogP contribution in [0.2, 0.25) is 0 Å². The third-order valence-electron chi connectivity index (χ3n) is 6.24. The molecule has 1 unspecified atom stereocenters. The molecule has 0 spiro atoms. The van der Waals surface area contributed by atoms with Gasteiger partial charge in [-0.15, -0.1) is 0 Å². The van der Waals surface area contributed by atoms with Gasteiger partial charge >= 0.3 is 0 Å². The lowest BCUT2D eigenvalue weighted by molar-refractivity contribution is 0.0793. The van der Waals surface area contributed by atoms with Crippen molar-refractivity contribution in [2.45, 2.75) is 50.2 Å². The molecule has 1 N–H and O–H groups in total. The second-order valence-corrected chi connectivity index (χ2v) is 9.41. The van der Waals surface area contributed by atoms with E-state index in [1.807, 2.05) is 11.8 Å². The van der Waals surface area contributed by atoms with Crippen molar-refractivity contribution in [2.75, 3.05) is 65.3 Å². The minimum atomic E-state index is 0.270. The smallest absolute Gasteiger partial charge is 0.193 e. The highest BCUT2D eigenvalue weighted by Gasteiger charge is 2.33. The van der Waals surface area contributed by atoms with Crippen molar-refractivity contribution in [3.05, 3.63) is 0 Å². The first-order valence-electron chi connectivity index (χ1n) is 10.6. The summed E-state index contributed by atoms with van der Waals surface area (Å²) in [7, 11) is 0. The van der Waals surface area contributed by atoms with Crippen LogP contribution in [-0.2, 0) is 4.74 Å². The number of piperidine rings is 1. The summed E-state index contributed by atoms with van der Waals surface area (Å²) >= 11 is 1.98. The Morgan fingerprint density at radius 1 is 1.19 bits per heavy atom. The Labute approximate surface area is 164 Å². The Kier molecular flexibility index (Phi) is 7.94. The monoisotopic (exact) mass is 382 g/mol. The average Bonchev–Trinajstić information content (AvgIpc) is 3.15. The van der Waals surface area contributed by atoms with Crippen molar-refractivity contribution < 1.29 is 4.74 Å². The van der Waals surface area contributed by atoms with Gasteiger partial charge in [-0.2, -0.15) is 11.8 Å². The zero-order valence-electron chi connectivity index (χ0n) is 16.8. The van der Waals surface area contributed by atoms with Crippen molar-refractivity contribution in [1.82, 2.24) is 15.1 Å². The van der Waals surface area contributed by atoms with Crippen molar-refractivity contribution in [1.29, 1.82) is 0 Å². The van der Waals surface area contributed by atoms with Gasteiger partial charge in [0.15, 0.2) is 5.96 Å². The van der Waals surface area contributed by atoms with E-state index in [0.29, 0.717) is 0 Å². The van der Waals surface area contributed by atoms with Crippen LogP contribution in [0.15, 0.2) is 4.99 Å². The summed E-state index contributed by atoms with van der Waals surface area (Å²) in [6.45, 7) is 12.0. The topological polar surface area (TPSA) is 40.1 Å². The fourth-order valence-electron chi connectivity index (χ4n) is 4.50. The molecule has 26 heavy (non-hydrogen) atoms. The van der Waals surface area contributed by atoms with Crippen LogP contribution in [0.5, 0.6) is 0 Å². The van der Waals surface area contributed by atoms with Crippen LogP contribution in [-0.4, -0.2) is 85.8 Å². The summed E-state index contributed by atoms with van der Waals surface area (Å²) in [6, 6.07) is 0. The molecule has 3 fully saturated rings. The quantitative estimate of drug-likeness (QED) is 0.565. The first-order valence-corrected chi connectivity index (χ1v) is 11.9. The maximum atomic E-state index is 5.57. The first kappa shape index (κ1) is 20.3. The van der Waals surface area contributed by atoms with Gasteiger partial charge in [-0.1, -0.05) is 6.42 Å². The molecule has 150 valence electrons. The molecule has 3 saturated heterocycles. The van der Waals surface area contributed by atoms with E-state index in [9.17, 15) is 0 Å². The van der Waals surface area contributed by atoms with Gasteiger partial charge in [0.25, 0.3) is 0 Å². The van der Waals surface area contributed by atoms with Gasteiger partial charge in [0, 0.05) is 44.1 Å². The molecule has 1 atom stereocenters. The van der Waals surface area contributed by atoms with Crippen molar-refractivity contribution in [3.8, 4) is 0 Å². The van der Waals surface area contributed by atoms with E-state index in [1.165, 1.54) is 45.3 Å². The van der Waals surface area contributed by atoms with Gasteiger partial charge < -0.3 is 19.9 Å². The molecule has 3 heterocycles. The summed E-state index contributed by atoms with van der Waals surface area (Å²) in [5.41, 5.74) is 0. The van der Waals surface area contributed by atoms with E-state index < -0.39 is 0 Å². The molecular weight excluding hydrogens is 344 g/mol. The van der Waals surface area contributed by atoms with Crippen LogP contribution in [0.4, 0.5) is 0 Å². The number of nitrogens with one attached hydrogen (secondary N) is 1. The molecule has 0 saturated carbocycles. The predicted octanol–water partition coefficient (Wildman–Crippen LogP) is 2.67. The zero-order valence-corrected chi connectivity index (χ0v) is 17.7. The van der Waals surface area contributed by atoms with E-state index in [0.717, 1.165) is 64.1 Å². The van der Waals surface area contributed by atoms with Crippen LogP contribution in [0.3, 0.4) is 0 Å². The highest BCUT2D eigenvalue weighted by atomic mass is 32.2. The van der Waals surface area contributed by atoms with Crippen LogP contribution >= 0.6 is 11.8 Å². The molecule has 0 radical (unpaired) electrons. The fourth-order valence-corrected chi connectivity index (χ4v) is 5.26. The molecule has 6 heteroatoms. The van der Waals surface area contributed by atoms with Gasteiger partial charge in [-0.25, -0.2) is 0 Å². The minimum absolute atomic E-state index is 0.270. The summed E-state index contributed by atoms with van der Waals surface area (Å²) < 4.78 is 5.84. The number of guanidine groups is 1. The Morgan fingerprint density at radius 3 is 2.65 bits per heavy atom. The van der Waals surface area contributed by atoms with Gasteiger partial charge in [0.2, 0.25) is 0 Å². The molecule has 0 amide bonds. The third-order valence-corrected chi connectivity index (χ3v) is 7.64. The summed E-state index contributed by atoms with van der Waals surface area (Å²) in [5, 5.41) is 3.55. The number of hydrogen-bond donors (Lipinski definition) is 1. The maximum Gasteiger partial charge on any atom is 0.193 e. The van der Waals surface area contributed by atoms with Crippen LogP contribution in [0, 0.1) is 5.92 Å². The number of likely N-dealkylation sites (tertiary alicyclic amines) is 2. The van der Waals surface area contributed by atoms with Gasteiger partial charge in [0.05, 0.1) is 6.54 Å². The Bertz CT molecular complexity index is 447. The highest BCUT2D eigenvalue weighted by molar-refractivity contribution is 8.00. The van der Waals surface area contributed by atoms with E-state index in [-0.39, 0.29) is 4.75 Å².